The van der Waals surface area contributed by atoms with Gasteiger partial charge in [0.2, 0.25) is 0 Å². The van der Waals surface area contributed by atoms with E-state index in [1.165, 1.54) is 6.08 Å². The third kappa shape index (κ3) is 7.50. The second-order valence-electron chi connectivity index (χ2n) is 2.00. The van der Waals surface area contributed by atoms with Crippen molar-refractivity contribution in [2.45, 2.75) is 19.9 Å². The van der Waals surface area contributed by atoms with E-state index in [0.717, 1.165) is 0 Å². The summed E-state index contributed by atoms with van der Waals surface area (Å²) in [5.74, 6) is 0. The van der Waals surface area contributed by atoms with Crippen LogP contribution < -0.4 is 5.32 Å². The summed E-state index contributed by atoms with van der Waals surface area (Å²) in [5.41, 5.74) is 0. The van der Waals surface area contributed by atoms with Crippen molar-refractivity contribution in [1.82, 2.24) is 5.32 Å². The van der Waals surface area contributed by atoms with Crippen molar-refractivity contribution in [1.29, 1.82) is 5.41 Å². The second-order valence-corrected chi connectivity index (χ2v) is 2.41. The van der Waals surface area contributed by atoms with Gasteiger partial charge in [0.1, 0.15) is 5.17 Å². The van der Waals surface area contributed by atoms with E-state index < -0.39 is 0 Å². The van der Waals surface area contributed by atoms with Crippen LogP contribution in [0.1, 0.15) is 13.8 Å². The number of halogens is 1. The van der Waals surface area contributed by atoms with Gasteiger partial charge >= 0.3 is 0 Å². The molecule has 0 amide bonds. The van der Waals surface area contributed by atoms with Gasteiger partial charge in [-0.25, -0.2) is 0 Å². The third-order valence-corrected chi connectivity index (χ3v) is 0.785. The van der Waals surface area contributed by atoms with Crippen LogP contribution in [0.4, 0.5) is 0 Å². The highest BCUT2D eigenvalue weighted by molar-refractivity contribution is 6.67. The van der Waals surface area contributed by atoms with E-state index >= 15 is 0 Å². The molecule has 0 radical (unpaired) electrons. The van der Waals surface area contributed by atoms with Gasteiger partial charge in [-0.15, -0.1) is 0 Å². The molecular formula is C6H11ClN2. The monoisotopic (exact) mass is 146 g/mol. The van der Waals surface area contributed by atoms with E-state index in [0.29, 0.717) is 6.04 Å². The van der Waals surface area contributed by atoms with Gasteiger partial charge in [0.15, 0.2) is 0 Å². The first-order valence-corrected chi connectivity index (χ1v) is 3.17. The predicted octanol–water partition coefficient (Wildman–Crippen LogP) is 1.71. The Morgan fingerprint density at radius 3 is 2.56 bits per heavy atom. The number of nitrogens with one attached hydrogen (secondary N) is 2. The van der Waals surface area contributed by atoms with Crippen molar-refractivity contribution in [2.24, 2.45) is 0 Å². The van der Waals surface area contributed by atoms with Crippen LogP contribution in [0.3, 0.4) is 0 Å². The summed E-state index contributed by atoms with van der Waals surface area (Å²) < 4.78 is 0. The molecule has 0 atom stereocenters. The molecule has 2 N–H and O–H groups in total. The zero-order chi connectivity index (χ0) is 7.28. The number of hydrogen-bond acceptors (Lipinski definition) is 2. The van der Waals surface area contributed by atoms with Crippen LogP contribution >= 0.6 is 11.6 Å². The predicted molar refractivity (Wildman–Crippen MR) is 41.0 cm³/mol. The average Bonchev–Trinajstić information content (AvgIpc) is 1.63. The molecule has 0 aromatic carbocycles. The summed E-state index contributed by atoms with van der Waals surface area (Å²) in [6.45, 7) is 4.03. The first-order valence-electron chi connectivity index (χ1n) is 2.79. The average molecular weight is 147 g/mol. The topological polar surface area (TPSA) is 35.9 Å². The van der Waals surface area contributed by atoms with Crippen LogP contribution in [0, 0.1) is 5.41 Å². The quantitative estimate of drug-likeness (QED) is 0.585. The van der Waals surface area contributed by atoms with Crippen molar-refractivity contribution in [3.05, 3.63) is 12.3 Å². The smallest absolute Gasteiger partial charge is 0.122 e. The van der Waals surface area contributed by atoms with Gasteiger partial charge in [0, 0.05) is 6.04 Å². The van der Waals surface area contributed by atoms with Crippen molar-refractivity contribution in [2.75, 3.05) is 0 Å². The summed E-state index contributed by atoms with van der Waals surface area (Å²) >= 11 is 5.22. The molecule has 3 heteroatoms. The number of hydrogen-bond donors (Lipinski definition) is 2. The van der Waals surface area contributed by atoms with Gasteiger partial charge < -0.3 is 5.32 Å². The summed E-state index contributed by atoms with van der Waals surface area (Å²) in [4.78, 5) is 0. The minimum Gasteiger partial charge on any atom is -0.389 e. The summed E-state index contributed by atoms with van der Waals surface area (Å²) in [6.07, 6.45) is 3.17. The SMILES string of the molecule is CC(C)N/C=C\C(=N)Cl. The van der Waals surface area contributed by atoms with Crippen LogP contribution in [0.5, 0.6) is 0 Å². The zero-order valence-electron chi connectivity index (χ0n) is 5.61. The highest BCUT2D eigenvalue weighted by Gasteiger charge is 1.83. The van der Waals surface area contributed by atoms with Gasteiger partial charge in [-0.2, -0.15) is 0 Å². The molecule has 0 aliphatic rings. The maximum absolute atomic E-state index is 6.78. The molecule has 0 unspecified atom stereocenters. The molecule has 0 aliphatic carbocycles. The van der Waals surface area contributed by atoms with E-state index in [9.17, 15) is 0 Å². The fourth-order valence-electron chi connectivity index (χ4n) is 0.314. The molecule has 0 heterocycles. The molecule has 0 spiro atoms. The normalized spacial score (nSPS) is 10.7. The maximum atomic E-state index is 6.78. The summed E-state index contributed by atoms with van der Waals surface area (Å²) in [7, 11) is 0. The lowest BCUT2D eigenvalue weighted by Crippen LogP contribution is -2.15. The van der Waals surface area contributed by atoms with Gasteiger partial charge in [-0.05, 0) is 26.1 Å². The molecule has 9 heavy (non-hydrogen) atoms. The van der Waals surface area contributed by atoms with Gasteiger partial charge in [0.05, 0.1) is 0 Å². The molecule has 0 saturated heterocycles. The van der Waals surface area contributed by atoms with E-state index in [2.05, 4.69) is 5.32 Å². The Morgan fingerprint density at radius 2 is 2.22 bits per heavy atom. The summed E-state index contributed by atoms with van der Waals surface area (Å²) in [6, 6.07) is 0.400. The van der Waals surface area contributed by atoms with Crippen LogP contribution in [-0.2, 0) is 0 Å². The van der Waals surface area contributed by atoms with Crippen molar-refractivity contribution in [3.63, 3.8) is 0 Å². The molecule has 52 valence electrons. The highest BCUT2D eigenvalue weighted by atomic mass is 35.5. The molecule has 0 bridgehead atoms. The fraction of sp³-hybridized carbons (Fsp3) is 0.500. The lowest BCUT2D eigenvalue weighted by atomic mass is 10.4. The first-order chi connectivity index (χ1) is 4.13. The third-order valence-electron chi connectivity index (χ3n) is 0.659. The van der Waals surface area contributed by atoms with E-state index in [4.69, 9.17) is 17.0 Å². The van der Waals surface area contributed by atoms with Crippen LogP contribution in [0.25, 0.3) is 0 Å². The maximum Gasteiger partial charge on any atom is 0.122 e. The molecular weight excluding hydrogens is 136 g/mol. The number of rotatable bonds is 3. The lowest BCUT2D eigenvalue weighted by Gasteiger charge is -2.01. The largest absolute Gasteiger partial charge is 0.389 e. The molecule has 0 saturated carbocycles. The van der Waals surface area contributed by atoms with Gasteiger partial charge in [-0.1, -0.05) is 11.6 Å². The van der Waals surface area contributed by atoms with E-state index in [1.807, 2.05) is 13.8 Å². The molecule has 0 aromatic rings. The second kappa shape index (κ2) is 4.39. The fourth-order valence-corrected chi connectivity index (χ4v) is 0.377. The lowest BCUT2D eigenvalue weighted by molar-refractivity contribution is 0.703. The Hall–Kier alpha value is -0.500. The summed E-state index contributed by atoms with van der Waals surface area (Å²) in [5, 5.41) is 9.79. The van der Waals surface area contributed by atoms with Gasteiger partial charge in [0.25, 0.3) is 0 Å². The molecule has 2 nitrogen and oxygen atoms in total. The Bertz CT molecular complexity index is 118. The Balaban J connectivity index is 3.36. The van der Waals surface area contributed by atoms with Crippen molar-refractivity contribution in [3.8, 4) is 0 Å². The molecule has 0 rings (SSSR count). The Kier molecular flexibility index (Phi) is 4.14. The van der Waals surface area contributed by atoms with E-state index in [1.54, 1.807) is 6.20 Å². The molecule has 0 aromatic heterocycles. The van der Waals surface area contributed by atoms with E-state index in [-0.39, 0.29) is 5.17 Å². The van der Waals surface area contributed by atoms with Crippen molar-refractivity contribution < 1.29 is 0 Å². The molecule has 0 fully saturated rings. The standard InChI is InChI=1S/C6H11ClN2/c1-5(2)9-4-3-6(7)8/h3-5,8-9H,1-2H3/b4-3-,8-6?. The van der Waals surface area contributed by atoms with Crippen LogP contribution in [0.2, 0.25) is 0 Å². The van der Waals surface area contributed by atoms with Gasteiger partial charge in [-0.3, -0.25) is 5.41 Å². The Labute approximate surface area is 60.4 Å². The Morgan fingerprint density at radius 1 is 1.67 bits per heavy atom. The number of allylic oxidation sites excluding steroid dienone is 1. The van der Waals surface area contributed by atoms with Crippen LogP contribution in [0.15, 0.2) is 12.3 Å². The minimum atomic E-state index is 0.0446. The minimum absolute atomic E-state index is 0.0446. The highest BCUT2D eigenvalue weighted by Crippen LogP contribution is 1.82. The molecule has 0 aliphatic heterocycles. The zero-order valence-corrected chi connectivity index (χ0v) is 6.37. The first kappa shape index (κ1) is 8.50. The van der Waals surface area contributed by atoms with Crippen LogP contribution in [-0.4, -0.2) is 11.2 Å². The van der Waals surface area contributed by atoms with Crippen molar-refractivity contribution >= 4 is 16.8 Å².